The summed E-state index contributed by atoms with van der Waals surface area (Å²) in [4.78, 5) is 21.9. The molecule has 9 heteroatoms. The first kappa shape index (κ1) is 29.3. The molecule has 0 aliphatic carbocycles. The van der Waals surface area contributed by atoms with Gasteiger partial charge in [0, 0.05) is 12.8 Å². The largest absolute Gasteiger partial charge is 0.481 e. The van der Waals surface area contributed by atoms with E-state index in [1.807, 2.05) is 6.55 Å². The molecule has 2 N–H and O–H groups in total. The van der Waals surface area contributed by atoms with E-state index in [1.54, 1.807) is 0 Å². The second-order valence-electron chi connectivity index (χ2n) is 8.16. The maximum atomic E-state index is 10.9. The van der Waals surface area contributed by atoms with E-state index in [0.29, 0.717) is 12.5 Å². The van der Waals surface area contributed by atoms with Gasteiger partial charge in [-0.2, -0.15) is 0 Å². The van der Waals surface area contributed by atoms with Crippen molar-refractivity contribution in [1.29, 1.82) is 0 Å². The van der Waals surface area contributed by atoms with E-state index in [0.717, 1.165) is 0 Å². The van der Waals surface area contributed by atoms with Crippen LogP contribution in [0.2, 0.25) is 51.9 Å². The van der Waals surface area contributed by atoms with Gasteiger partial charge in [0.1, 0.15) is 0 Å². The van der Waals surface area contributed by atoms with Crippen LogP contribution in [-0.4, -0.2) is 47.3 Å². The molecular formula is C16H40O6Si3. The molecule has 0 saturated heterocycles. The number of carboxylic acid groups (broad SMARTS) is 2. The summed E-state index contributed by atoms with van der Waals surface area (Å²) in [6, 6.07) is 0.632. The van der Waals surface area contributed by atoms with Gasteiger partial charge in [-0.1, -0.05) is 14.9 Å². The van der Waals surface area contributed by atoms with Crippen LogP contribution in [0.1, 0.15) is 34.1 Å². The van der Waals surface area contributed by atoms with E-state index in [4.69, 9.17) is 18.4 Å². The van der Waals surface area contributed by atoms with Crippen LogP contribution in [0.5, 0.6) is 0 Å². The van der Waals surface area contributed by atoms with E-state index in [9.17, 15) is 9.59 Å². The zero-order chi connectivity index (χ0) is 18.5. The molecule has 0 aromatic heterocycles. The van der Waals surface area contributed by atoms with Gasteiger partial charge in [-0.05, 0) is 64.2 Å². The van der Waals surface area contributed by atoms with Crippen molar-refractivity contribution < 1.29 is 28.0 Å². The molecule has 0 aromatic carbocycles. The van der Waals surface area contributed by atoms with E-state index < -0.39 is 37.1 Å². The molecule has 152 valence electrons. The van der Waals surface area contributed by atoms with E-state index in [2.05, 4.69) is 39.3 Å². The van der Waals surface area contributed by atoms with Crippen molar-refractivity contribution in [3.8, 4) is 0 Å². The van der Waals surface area contributed by atoms with Gasteiger partial charge < -0.3 is 18.4 Å². The van der Waals surface area contributed by atoms with Gasteiger partial charge in [-0.25, -0.2) is 0 Å². The quantitative estimate of drug-likeness (QED) is 0.464. The Morgan fingerprint density at radius 2 is 1.12 bits per heavy atom. The van der Waals surface area contributed by atoms with Crippen LogP contribution in [0.25, 0.3) is 0 Å². The summed E-state index contributed by atoms with van der Waals surface area (Å²) in [5.41, 5.74) is 0. The van der Waals surface area contributed by atoms with Crippen LogP contribution < -0.4 is 0 Å². The zero-order valence-electron chi connectivity index (χ0n) is 15.4. The van der Waals surface area contributed by atoms with Crippen molar-refractivity contribution in [2.24, 2.45) is 5.92 Å². The third kappa shape index (κ3) is 16.7. The van der Waals surface area contributed by atoms with Crippen LogP contribution in [-0.2, 0) is 17.8 Å². The molecule has 0 aromatic rings. The predicted octanol–water partition coefficient (Wildman–Crippen LogP) is 4.99. The number of carboxylic acids is 2. The first-order valence-electron chi connectivity index (χ1n) is 7.96. The lowest BCUT2D eigenvalue weighted by molar-refractivity contribution is -0.140. The highest BCUT2D eigenvalue weighted by atomic mass is 28.5. The number of aliphatic carboxylic acids is 2. The zero-order valence-corrected chi connectivity index (χ0v) is 18.4. The summed E-state index contributed by atoms with van der Waals surface area (Å²) in [6.45, 7) is 14.7. The average molecular weight is 413 g/mol. The first-order valence-corrected chi connectivity index (χ1v) is 17.3. The van der Waals surface area contributed by atoms with Crippen molar-refractivity contribution in [2.45, 2.75) is 86.0 Å². The standard InChI is InChI=1S/C14H32O6Si3.2CH4/c1-21(2,3)19-23(7,20-22(4,5)6)9-8-12(10-13(15)16)11-14(17)18;;/h12H,8-11H2,1-7H3,(H,15,16)(H,17,18);2*1H4. The Kier molecular flexibility index (Phi) is 13.2. The smallest absolute Gasteiger partial charge is 0.314 e. The van der Waals surface area contributed by atoms with Crippen LogP contribution >= 0.6 is 0 Å². The van der Waals surface area contributed by atoms with Gasteiger partial charge >= 0.3 is 20.5 Å². The summed E-state index contributed by atoms with van der Waals surface area (Å²) in [5.74, 6) is -2.30. The highest BCUT2D eigenvalue weighted by Gasteiger charge is 2.40. The van der Waals surface area contributed by atoms with Crippen LogP contribution in [0.4, 0.5) is 0 Å². The highest BCUT2D eigenvalue weighted by Crippen LogP contribution is 2.29. The lowest BCUT2D eigenvalue weighted by Crippen LogP contribution is -2.52. The fourth-order valence-corrected chi connectivity index (χ4v) is 15.3. The Hall–Kier alpha value is -0.489. The van der Waals surface area contributed by atoms with Crippen LogP contribution in [0.3, 0.4) is 0 Å². The van der Waals surface area contributed by atoms with Crippen molar-refractivity contribution >= 4 is 37.1 Å². The van der Waals surface area contributed by atoms with Crippen LogP contribution in [0.15, 0.2) is 0 Å². The van der Waals surface area contributed by atoms with Gasteiger partial charge in [0.15, 0.2) is 16.6 Å². The molecule has 0 atom stereocenters. The minimum atomic E-state index is -2.45. The van der Waals surface area contributed by atoms with E-state index >= 15 is 0 Å². The summed E-state index contributed by atoms with van der Waals surface area (Å²) >= 11 is 0. The van der Waals surface area contributed by atoms with Gasteiger partial charge in [0.25, 0.3) is 0 Å². The number of hydrogen-bond donors (Lipinski definition) is 2. The molecule has 25 heavy (non-hydrogen) atoms. The van der Waals surface area contributed by atoms with Crippen molar-refractivity contribution in [3.63, 3.8) is 0 Å². The normalized spacial score (nSPS) is 12.3. The molecule has 0 bridgehead atoms. The molecular weight excluding hydrogens is 372 g/mol. The van der Waals surface area contributed by atoms with E-state index in [1.165, 1.54) is 0 Å². The van der Waals surface area contributed by atoms with Crippen molar-refractivity contribution in [2.75, 3.05) is 0 Å². The Balaban J connectivity index is -0.00000242. The van der Waals surface area contributed by atoms with Crippen molar-refractivity contribution in [1.82, 2.24) is 0 Å². The fourth-order valence-electron chi connectivity index (χ4n) is 2.65. The SMILES string of the molecule is C.C.C[Si](C)(C)O[Si](C)(CCC(CC(=O)O)CC(=O)O)O[Si](C)(C)C. The molecule has 0 radical (unpaired) electrons. The third-order valence-electron chi connectivity index (χ3n) is 2.98. The lowest BCUT2D eigenvalue weighted by atomic mass is 9.99. The second kappa shape index (κ2) is 11.3. The second-order valence-corrected chi connectivity index (χ2v) is 21.0. The number of carbonyl (C=O) groups is 2. The summed E-state index contributed by atoms with van der Waals surface area (Å²) in [5, 5.41) is 17.9. The van der Waals surface area contributed by atoms with Crippen LogP contribution in [0, 0.1) is 5.92 Å². The topological polar surface area (TPSA) is 93.1 Å². The molecule has 0 aliphatic rings. The minimum absolute atomic E-state index is 0. The van der Waals surface area contributed by atoms with Crippen molar-refractivity contribution in [3.05, 3.63) is 0 Å². The monoisotopic (exact) mass is 412 g/mol. The fraction of sp³-hybridized carbons (Fsp3) is 0.875. The Morgan fingerprint density at radius 3 is 1.36 bits per heavy atom. The average Bonchev–Trinajstić information content (AvgIpc) is 2.18. The molecule has 6 nitrogen and oxygen atoms in total. The molecule has 0 fully saturated rings. The molecule has 0 rings (SSSR count). The maximum Gasteiger partial charge on any atom is 0.314 e. The predicted molar refractivity (Wildman–Crippen MR) is 111 cm³/mol. The molecule has 0 heterocycles. The molecule has 0 saturated carbocycles. The van der Waals surface area contributed by atoms with Gasteiger partial charge in [0.2, 0.25) is 0 Å². The molecule has 0 spiro atoms. The maximum absolute atomic E-state index is 10.9. The number of rotatable bonds is 11. The third-order valence-corrected chi connectivity index (χ3v) is 12.5. The molecule has 0 aliphatic heterocycles. The number of hydrogen-bond acceptors (Lipinski definition) is 4. The summed E-state index contributed by atoms with van der Waals surface area (Å²) in [7, 11) is -6.05. The summed E-state index contributed by atoms with van der Waals surface area (Å²) < 4.78 is 12.7. The molecule has 0 unspecified atom stereocenters. The van der Waals surface area contributed by atoms with Gasteiger partial charge in [-0.15, -0.1) is 0 Å². The van der Waals surface area contributed by atoms with Gasteiger partial charge in [0.05, 0.1) is 0 Å². The first-order chi connectivity index (χ1) is 10.1. The lowest BCUT2D eigenvalue weighted by Gasteiger charge is -2.39. The highest BCUT2D eigenvalue weighted by molar-refractivity contribution is 6.87. The van der Waals surface area contributed by atoms with Gasteiger partial charge in [-0.3, -0.25) is 9.59 Å². The Bertz CT molecular complexity index is 383. The Morgan fingerprint density at radius 1 is 0.800 bits per heavy atom. The summed E-state index contributed by atoms with van der Waals surface area (Å²) in [6.07, 6.45) is 0.254. The Labute approximate surface area is 157 Å². The minimum Gasteiger partial charge on any atom is -0.481 e. The molecule has 0 amide bonds. The van der Waals surface area contributed by atoms with E-state index in [-0.39, 0.29) is 33.6 Å².